The van der Waals surface area contributed by atoms with E-state index in [9.17, 15) is 14.7 Å². The van der Waals surface area contributed by atoms with Gasteiger partial charge in [-0.2, -0.15) is 0 Å². The van der Waals surface area contributed by atoms with E-state index in [1.165, 1.54) is 6.08 Å². The monoisotopic (exact) mass is 353 g/mol. The Hall–Kier alpha value is -3.08. The fraction of sp³-hybridized carbons (Fsp3) is 0.238. The molecule has 2 aromatic rings. The second-order valence-electron chi connectivity index (χ2n) is 5.81. The minimum absolute atomic E-state index is 0.228. The number of carboxylic acids is 1. The number of benzene rings is 2. The van der Waals surface area contributed by atoms with Crippen LogP contribution < -0.4 is 10.1 Å². The normalized spacial score (nSPS) is 11.9. The Labute approximate surface area is 153 Å². The minimum Gasteiger partial charge on any atom is -0.493 e. The highest BCUT2D eigenvalue weighted by molar-refractivity contribution is 5.94. The van der Waals surface area contributed by atoms with Crippen LogP contribution in [0.1, 0.15) is 24.5 Å². The maximum atomic E-state index is 12.1. The van der Waals surface area contributed by atoms with Crippen molar-refractivity contribution in [3.05, 3.63) is 71.8 Å². The summed E-state index contributed by atoms with van der Waals surface area (Å²) >= 11 is 0. The molecule has 26 heavy (non-hydrogen) atoms. The molecular formula is C21H23NO4. The summed E-state index contributed by atoms with van der Waals surface area (Å²) < 4.78 is 5.64. The van der Waals surface area contributed by atoms with Crippen LogP contribution in [-0.4, -0.2) is 29.6 Å². The van der Waals surface area contributed by atoms with Crippen molar-refractivity contribution in [1.29, 1.82) is 0 Å². The summed E-state index contributed by atoms with van der Waals surface area (Å²) in [5, 5.41) is 11.9. The van der Waals surface area contributed by atoms with E-state index in [2.05, 4.69) is 5.32 Å². The van der Waals surface area contributed by atoms with E-state index in [0.717, 1.165) is 17.5 Å². The van der Waals surface area contributed by atoms with Gasteiger partial charge in [0.2, 0.25) is 5.91 Å². The number of hydrogen-bond donors (Lipinski definition) is 2. The Morgan fingerprint density at radius 2 is 1.81 bits per heavy atom. The lowest BCUT2D eigenvalue weighted by atomic mass is 10.1. The second kappa shape index (κ2) is 10.0. The van der Waals surface area contributed by atoms with Crippen molar-refractivity contribution < 1.29 is 19.4 Å². The Morgan fingerprint density at radius 1 is 1.12 bits per heavy atom. The largest absolute Gasteiger partial charge is 0.493 e. The molecule has 5 nitrogen and oxygen atoms in total. The summed E-state index contributed by atoms with van der Waals surface area (Å²) in [7, 11) is 0. The highest BCUT2D eigenvalue weighted by Gasteiger charge is 2.19. The molecule has 0 radical (unpaired) electrons. The summed E-state index contributed by atoms with van der Waals surface area (Å²) in [6.07, 6.45) is 4.07. The number of carbonyl (C=O) groups is 2. The second-order valence-corrected chi connectivity index (χ2v) is 5.81. The zero-order valence-corrected chi connectivity index (χ0v) is 14.7. The number of ether oxygens (including phenoxy) is 1. The van der Waals surface area contributed by atoms with Crippen LogP contribution in [0.2, 0.25) is 0 Å². The van der Waals surface area contributed by atoms with Gasteiger partial charge in [0.15, 0.2) is 0 Å². The molecule has 2 aromatic carbocycles. The number of hydrogen-bond acceptors (Lipinski definition) is 3. The maximum absolute atomic E-state index is 12.1. The average molecular weight is 353 g/mol. The molecule has 2 rings (SSSR count). The standard InChI is InChI=1S/C21H23NO4/c1-2-14-26-19-11-7-6-10-17(19)12-13-20(23)22-18(21(24)25)15-16-8-4-3-5-9-16/h3-13,18H,2,14-15H2,1H3,(H,22,23)(H,24,25)/b13-12+. The Balaban J connectivity index is 2.02. The fourth-order valence-electron chi connectivity index (χ4n) is 2.40. The molecule has 0 aliphatic rings. The molecule has 0 heterocycles. The van der Waals surface area contributed by atoms with Gasteiger partial charge in [-0.15, -0.1) is 0 Å². The van der Waals surface area contributed by atoms with Gasteiger partial charge < -0.3 is 15.2 Å². The molecule has 136 valence electrons. The SMILES string of the molecule is CCCOc1ccccc1/C=C/C(=O)NC(Cc1ccccc1)C(=O)O. The maximum Gasteiger partial charge on any atom is 0.326 e. The van der Waals surface area contributed by atoms with Crippen LogP contribution in [0, 0.1) is 0 Å². The van der Waals surface area contributed by atoms with Crippen LogP contribution in [0.3, 0.4) is 0 Å². The van der Waals surface area contributed by atoms with Gasteiger partial charge in [0, 0.05) is 18.1 Å². The predicted molar refractivity (Wildman–Crippen MR) is 101 cm³/mol. The summed E-state index contributed by atoms with van der Waals surface area (Å²) in [4.78, 5) is 23.6. The van der Waals surface area contributed by atoms with Crippen molar-refractivity contribution in [3.8, 4) is 5.75 Å². The van der Waals surface area contributed by atoms with E-state index in [4.69, 9.17) is 4.74 Å². The van der Waals surface area contributed by atoms with Gasteiger partial charge in [0.05, 0.1) is 6.61 Å². The molecule has 2 N–H and O–H groups in total. The van der Waals surface area contributed by atoms with Crippen LogP contribution in [0.25, 0.3) is 6.08 Å². The quantitative estimate of drug-likeness (QED) is 0.678. The first-order chi connectivity index (χ1) is 12.6. The average Bonchev–Trinajstić information content (AvgIpc) is 2.65. The smallest absolute Gasteiger partial charge is 0.326 e. The molecule has 0 aromatic heterocycles. The number of rotatable bonds is 9. The highest BCUT2D eigenvalue weighted by atomic mass is 16.5. The van der Waals surface area contributed by atoms with Crippen molar-refractivity contribution in [3.63, 3.8) is 0 Å². The first kappa shape index (κ1) is 19.2. The topological polar surface area (TPSA) is 75.6 Å². The molecule has 0 aliphatic carbocycles. The lowest BCUT2D eigenvalue weighted by Crippen LogP contribution is -2.41. The number of amides is 1. The van der Waals surface area contributed by atoms with Gasteiger partial charge in [-0.05, 0) is 24.1 Å². The lowest BCUT2D eigenvalue weighted by Gasteiger charge is -2.13. The third-order valence-corrected chi connectivity index (χ3v) is 3.69. The van der Waals surface area contributed by atoms with Crippen molar-refractivity contribution in [2.75, 3.05) is 6.61 Å². The summed E-state index contributed by atoms with van der Waals surface area (Å²) in [5.41, 5.74) is 1.62. The summed E-state index contributed by atoms with van der Waals surface area (Å²) in [5.74, 6) is -0.835. The lowest BCUT2D eigenvalue weighted by molar-refractivity contribution is -0.141. The van der Waals surface area contributed by atoms with E-state index < -0.39 is 17.9 Å². The van der Waals surface area contributed by atoms with Crippen LogP contribution in [0.15, 0.2) is 60.7 Å². The molecule has 0 fully saturated rings. The number of para-hydroxylation sites is 1. The molecule has 0 spiro atoms. The number of nitrogens with one attached hydrogen (secondary N) is 1. The van der Waals surface area contributed by atoms with Gasteiger partial charge >= 0.3 is 5.97 Å². The first-order valence-electron chi connectivity index (χ1n) is 8.57. The van der Waals surface area contributed by atoms with Crippen molar-refractivity contribution in [2.45, 2.75) is 25.8 Å². The van der Waals surface area contributed by atoms with E-state index in [-0.39, 0.29) is 6.42 Å². The molecule has 1 amide bonds. The minimum atomic E-state index is -1.07. The zero-order valence-electron chi connectivity index (χ0n) is 14.7. The Morgan fingerprint density at radius 3 is 2.50 bits per heavy atom. The molecule has 1 unspecified atom stereocenters. The van der Waals surface area contributed by atoms with Gasteiger partial charge in [-0.1, -0.05) is 55.5 Å². The highest BCUT2D eigenvalue weighted by Crippen LogP contribution is 2.19. The number of aliphatic carboxylic acids is 1. The predicted octanol–water partition coefficient (Wildman–Crippen LogP) is 3.30. The van der Waals surface area contributed by atoms with Gasteiger partial charge in [0.1, 0.15) is 11.8 Å². The molecule has 5 heteroatoms. The van der Waals surface area contributed by atoms with E-state index in [1.807, 2.05) is 61.5 Å². The number of carboxylic acid groups (broad SMARTS) is 1. The molecule has 0 saturated carbocycles. The third kappa shape index (κ3) is 6.09. The Kier molecular flexibility index (Phi) is 7.43. The summed E-state index contributed by atoms with van der Waals surface area (Å²) in [6, 6.07) is 15.6. The van der Waals surface area contributed by atoms with Crippen molar-refractivity contribution in [2.24, 2.45) is 0 Å². The molecule has 0 aliphatic heterocycles. The third-order valence-electron chi connectivity index (χ3n) is 3.69. The molecular weight excluding hydrogens is 330 g/mol. The number of carbonyl (C=O) groups excluding carboxylic acids is 1. The first-order valence-corrected chi connectivity index (χ1v) is 8.57. The fourth-order valence-corrected chi connectivity index (χ4v) is 2.40. The van der Waals surface area contributed by atoms with Crippen molar-refractivity contribution in [1.82, 2.24) is 5.32 Å². The van der Waals surface area contributed by atoms with Crippen LogP contribution in [-0.2, 0) is 16.0 Å². The van der Waals surface area contributed by atoms with Gasteiger partial charge in [-0.3, -0.25) is 4.79 Å². The van der Waals surface area contributed by atoms with Crippen LogP contribution in [0.4, 0.5) is 0 Å². The van der Waals surface area contributed by atoms with Crippen LogP contribution in [0.5, 0.6) is 5.75 Å². The molecule has 0 saturated heterocycles. The van der Waals surface area contributed by atoms with Gasteiger partial charge in [0.25, 0.3) is 0 Å². The Bertz CT molecular complexity index is 756. The van der Waals surface area contributed by atoms with Crippen LogP contribution >= 0.6 is 0 Å². The molecule has 1 atom stereocenters. The zero-order chi connectivity index (χ0) is 18.8. The molecule has 0 bridgehead atoms. The van der Waals surface area contributed by atoms with E-state index in [1.54, 1.807) is 6.08 Å². The van der Waals surface area contributed by atoms with E-state index >= 15 is 0 Å². The van der Waals surface area contributed by atoms with Crippen molar-refractivity contribution >= 4 is 18.0 Å². The van der Waals surface area contributed by atoms with Gasteiger partial charge in [-0.25, -0.2) is 4.79 Å². The summed E-state index contributed by atoms with van der Waals surface area (Å²) in [6.45, 7) is 2.61. The van der Waals surface area contributed by atoms with E-state index in [0.29, 0.717) is 12.4 Å².